The minimum absolute atomic E-state index is 0.0440. The summed E-state index contributed by atoms with van der Waals surface area (Å²) in [5.74, 6) is -3.69. The lowest BCUT2D eigenvalue weighted by Gasteiger charge is -2.32. The minimum atomic E-state index is -3.11. The molecular formula is C31H35F2N5O3S. The van der Waals surface area contributed by atoms with E-state index in [9.17, 15) is 13.9 Å². The number of alkyl halides is 2. The molecule has 0 spiro atoms. The maximum Gasteiger partial charge on any atom is 0.269 e. The number of nitrogens with one attached hydrogen (secondary N) is 2. The summed E-state index contributed by atoms with van der Waals surface area (Å²) in [5, 5.41) is 17.2. The van der Waals surface area contributed by atoms with E-state index >= 15 is 0 Å². The summed E-state index contributed by atoms with van der Waals surface area (Å²) in [6, 6.07) is 13.5. The van der Waals surface area contributed by atoms with Crippen LogP contribution in [0.4, 0.5) is 20.5 Å². The Labute approximate surface area is 247 Å². The summed E-state index contributed by atoms with van der Waals surface area (Å²) in [4.78, 5) is 14.3. The zero-order valence-electron chi connectivity index (χ0n) is 24.2. The van der Waals surface area contributed by atoms with Crippen LogP contribution in [-0.2, 0) is 9.47 Å². The van der Waals surface area contributed by atoms with E-state index in [1.165, 1.54) is 11.3 Å². The minimum Gasteiger partial charge on any atom is -0.396 e. The molecule has 0 bridgehead atoms. The first kappa shape index (κ1) is 28.9. The first-order chi connectivity index (χ1) is 19.9. The van der Waals surface area contributed by atoms with E-state index in [4.69, 9.17) is 19.4 Å². The summed E-state index contributed by atoms with van der Waals surface area (Å²) < 4.78 is 43.7. The van der Waals surface area contributed by atoms with Gasteiger partial charge in [-0.15, -0.1) is 11.3 Å². The van der Waals surface area contributed by atoms with Crippen molar-refractivity contribution in [2.24, 2.45) is 5.92 Å². The highest BCUT2D eigenvalue weighted by molar-refractivity contribution is 7.21. The lowest BCUT2D eigenvalue weighted by molar-refractivity contribution is -0.168. The number of hydrogen-bond acceptors (Lipinski definition) is 9. The molecule has 8 nitrogen and oxygen atoms in total. The van der Waals surface area contributed by atoms with Crippen molar-refractivity contribution >= 4 is 33.3 Å². The smallest absolute Gasteiger partial charge is 0.269 e. The van der Waals surface area contributed by atoms with Crippen LogP contribution in [0.3, 0.4) is 0 Å². The fraction of sp³-hybridized carbons (Fsp3) is 0.452. The van der Waals surface area contributed by atoms with E-state index in [1.54, 1.807) is 24.3 Å². The van der Waals surface area contributed by atoms with Crippen LogP contribution >= 0.6 is 11.3 Å². The van der Waals surface area contributed by atoms with Gasteiger partial charge in [0.25, 0.3) is 5.92 Å². The quantitative estimate of drug-likeness (QED) is 0.204. The molecule has 1 saturated carbocycles. The molecule has 3 heterocycles. The summed E-state index contributed by atoms with van der Waals surface area (Å²) in [5.41, 5.74) is 2.49. The predicted molar refractivity (Wildman–Crippen MR) is 160 cm³/mol. The third-order valence-corrected chi connectivity index (χ3v) is 9.02. The third kappa shape index (κ3) is 5.34. The fourth-order valence-electron chi connectivity index (χ4n) is 6.04. The molecule has 6 rings (SSSR count). The van der Waals surface area contributed by atoms with Gasteiger partial charge in [0.2, 0.25) is 5.95 Å². The van der Waals surface area contributed by atoms with Crippen LogP contribution in [0.1, 0.15) is 56.5 Å². The van der Waals surface area contributed by atoms with Gasteiger partial charge in [-0.2, -0.15) is 4.98 Å². The largest absolute Gasteiger partial charge is 0.396 e. The van der Waals surface area contributed by atoms with Gasteiger partial charge in [0.1, 0.15) is 23.0 Å². The molecule has 222 valence electrons. The number of aliphatic hydroxyl groups excluding tert-OH is 1. The molecule has 4 atom stereocenters. The molecule has 2 aromatic carbocycles. The van der Waals surface area contributed by atoms with Gasteiger partial charge in [0, 0.05) is 19.4 Å². The predicted octanol–water partition coefficient (Wildman–Crippen LogP) is 6.84. The Bertz CT molecular complexity index is 1570. The Morgan fingerprint density at radius 3 is 2.52 bits per heavy atom. The molecule has 2 fully saturated rings. The summed E-state index contributed by atoms with van der Waals surface area (Å²) in [6.07, 6.45) is 0.817. The van der Waals surface area contributed by atoms with Gasteiger partial charge in [-0.05, 0) is 58.2 Å². The number of thiazole rings is 1. The van der Waals surface area contributed by atoms with Gasteiger partial charge in [-0.1, -0.05) is 42.0 Å². The lowest BCUT2D eigenvalue weighted by Crippen LogP contribution is -2.46. The molecule has 1 aliphatic heterocycles. The number of hydrogen-bond donors (Lipinski definition) is 3. The van der Waals surface area contributed by atoms with Gasteiger partial charge in [0.15, 0.2) is 11.5 Å². The number of rotatable bonds is 8. The van der Waals surface area contributed by atoms with Crippen LogP contribution in [0.25, 0.3) is 20.8 Å². The van der Waals surface area contributed by atoms with E-state index in [-0.39, 0.29) is 18.5 Å². The summed E-state index contributed by atoms with van der Waals surface area (Å²) in [6.45, 7) is 8.25. The van der Waals surface area contributed by atoms with Crippen LogP contribution in [0.5, 0.6) is 0 Å². The number of para-hydroxylation sites is 1. The van der Waals surface area contributed by atoms with E-state index in [2.05, 4.69) is 15.6 Å². The zero-order valence-corrected chi connectivity index (χ0v) is 25.1. The Hall–Kier alpha value is -3.25. The highest BCUT2D eigenvalue weighted by Crippen LogP contribution is 2.50. The third-order valence-electron chi connectivity index (χ3n) is 7.97. The number of halogens is 2. The maximum atomic E-state index is 15.0. The van der Waals surface area contributed by atoms with Crippen molar-refractivity contribution in [3.05, 3.63) is 65.4 Å². The lowest BCUT2D eigenvalue weighted by atomic mass is 10.0. The molecule has 0 radical (unpaired) electrons. The average molecular weight is 596 g/mol. The topological polar surface area (TPSA) is 101 Å². The Kier molecular flexibility index (Phi) is 7.20. The SMILES string of the molecule is Cc1ccc(C(Nc2nc(C)c(-c3nc4ccccc4s3)c(NC34CCC(CO)C3OC(C)(C)O4)n2)C(C)(F)F)cc1. The van der Waals surface area contributed by atoms with E-state index in [0.717, 1.165) is 22.7 Å². The Balaban J connectivity index is 1.46. The molecule has 4 unspecified atom stereocenters. The van der Waals surface area contributed by atoms with E-state index in [1.807, 2.05) is 52.0 Å². The zero-order chi connectivity index (χ0) is 29.9. The first-order valence-electron chi connectivity index (χ1n) is 14.1. The standard InChI is InChI=1S/C31H35F2N5O3S/c1-17-10-12-19(13-11-17)24(30(5,32)33)36-28-34-18(2)23(27-35-21-8-6-7-9-22(21)42-27)26(37-28)38-31-15-14-20(16-39)25(31)40-29(3,4)41-31/h6-13,20,24-25,39H,14-16H2,1-5H3,(H2,34,36,37,38). The Morgan fingerprint density at radius 1 is 1.10 bits per heavy atom. The van der Waals surface area contributed by atoms with E-state index < -0.39 is 29.6 Å². The van der Waals surface area contributed by atoms with Gasteiger partial charge in [0.05, 0.1) is 21.5 Å². The van der Waals surface area contributed by atoms with Crippen molar-refractivity contribution < 1.29 is 23.4 Å². The highest BCUT2D eigenvalue weighted by Gasteiger charge is 2.60. The number of fused-ring (bicyclic) bond motifs is 2. The molecule has 1 saturated heterocycles. The molecule has 11 heteroatoms. The normalized spacial score (nSPS) is 24.1. The van der Waals surface area contributed by atoms with Gasteiger partial charge >= 0.3 is 0 Å². The van der Waals surface area contributed by atoms with Gasteiger partial charge in [-0.3, -0.25) is 0 Å². The van der Waals surface area contributed by atoms with Crippen LogP contribution in [-0.4, -0.2) is 50.2 Å². The van der Waals surface area contributed by atoms with Crippen molar-refractivity contribution in [1.82, 2.24) is 15.0 Å². The van der Waals surface area contributed by atoms with Crippen molar-refractivity contribution in [1.29, 1.82) is 0 Å². The van der Waals surface area contributed by atoms with Crippen molar-refractivity contribution in [2.75, 3.05) is 17.2 Å². The first-order valence-corrected chi connectivity index (χ1v) is 14.9. The van der Waals surface area contributed by atoms with E-state index in [0.29, 0.717) is 40.5 Å². The number of aliphatic hydroxyl groups is 1. The number of anilines is 2. The van der Waals surface area contributed by atoms with Crippen molar-refractivity contribution in [3.63, 3.8) is 0 Å². The van der Waals surface area contributed by atoms with Gasteiger partial charge < -0.3 is 25.2 Å². The molecule has 3 N–H and O–H groups in total. The number of benzene rings is 2. The van der Waals surface area contributed by atoms with Crippen LogP contribution in [0.2, 0.25) is 0 Å². The second-order valence-corrected chi connectivity index (χ2v) is 12.9. The number of aromatic nitrogens is 3. The van der Waals surface area contributed by atoms with Crippen molar-refractivity contribution in [2.45, 2.75) is 77.0 Å². The number of nitrogens with zero attached hydrogens (tertiary/aromatic N) is 3. The van der Waals surface area contributed by atoms with Crippen LogP contribution in [0, 0.1) is 19.8 Å². The average Bonchev–Trinajstić information content (AvgIpc) is 3.55. The summed E-state index contributed by atoms with van der Waals surface area (Å²) in [7, 11) is 0. The molecule has 0 amide bonds. The Morgan fingerprint density at radius 2 is 1.83 bits per heavy atom. The maximum absolute atomic E-state index is 15.0. The second kappa shape index (κ2) is 10.5. The molecule has 4 aromatic rings. The molecule has 2 aliphatic rings. The summed E-state index contributed by atoms with van der Waals surface area (Å²) >= 11 is 1.50. The second-order valence-electron chi connectivity index (χ2n) is 11.8. The van der Waals surface area contributed by atoms with Crippen LogP contribution < -0.4 is 10.6 Å². The van der Waals surface area contributed by atoms with Crippen LogP contribution in [0.15, 0.2) is 48.5 Å². The highest BCUT2D eigenvalue weighted by atomic mass is 32.1. The number of aryl methyl sites for hydroxylation is 2. The molecule has 2 aromatic heterocycles. The molecule has 42 heavy (non-hydrogen) atoms. The van der Waals surface area contributed by atoms with Crippen molar-refractivity contribution in [3.8, 4) is 10.6 Å². The van der Waals surface area contributed by atoms with Gasteiger partial charge in [-0.25, -0.2) is 18.7 Å². The monoisotopic (exact) mass is 595 g/mol. The molecular weight excluding hydrogens is 560 g/mol. The fourth-order valence-corrected chi connectivity index (χ4v) is 7.11. The number of ether oxygens (including phenoxy) is 2. The molecule has 1 aliphatic carbocycles.